The molecule has 1 heterocycles. The Kier molecular flexibility index (Phi) is 3.02. The number of carboxylic acid groups (broad SMARTS) is 1. The summed E-state index contributed by atoms with van der Waals surface area (Å²) in [4.78, 5) is 15.2. The van der Waals surface area contributed by atoms with E-state index < -0.39 is 5.97 Å². The largest absolute Gasteiger partial charge is 0.478 e. The van der Waals surface area contributed by atoms with Crippen LogP contribution < -0.4 is 11.1 Å². The van der Waals surface area contributed by atoms with E-state index in [4.69, 9.17) is 10.8 Å². The van der Waals surface area contributed by atoms with Crippen LogP contribution >= 0.6 is 0 Å². The highest BCUT2D eigenvalue weighted by Gasteiger charge is 2.38. The Morgan fingerprint density at radius 3 is 2.75 bits per heavy atom. The van der Waals surface area contributed by atoms with Crippen molar-refractivity contribution in [3.63, 3.8) is 0 Å². The van der Waals surface area contributed by atoms with Crippen LogP contribution in [-0.4, -0.2) is 22.1 Å². The lowest BCUT2D eigenvalue weighted by atomic mass is 10.1. The molecule has 0 amide bonds. The van der Waals surface area contributed by atoms with Crippen molar-refractivity contribution in [2.24, 2.45) is 0 Å². The van der Waals surface area contributed by atoms with Crippen molar-refractivity contribution >= 4 is 17.5 Å². The maximum Gasteiger partial charge on any atom is 0.337 e. The molecule has 0 saturated heterocycles. The zero-order valence-corrected chi connectivity index (χ0v) is 10.8. The third kappa shape index (κ3) is 2.30. The summed E-state index contributed by atoms with van der Waals surface area (Å²) >= 11 is 0. The molecule has 0 aliphatic heterocycles. The summed E-state index contributed by atoms with van der Waals surface area (Å²) in [5.74, 6) is -0.150. The third-order valence-corrected chi connectivity index (χ3v) is 3.56. The number of carboxylic acids is 1. The van der Waals surface area contributed by atoms with E-state index in [1.165, 1.54) is 17.8 Å². The molecule has 0 spiro atoms. The second kappa shape index (κ2) is 4.85. The van der Waals surface area contributed by atoms with Gasteiger partial charge in [-0.1, -0.05) is 30.3 Å². The summed E-state index contributed by atoms with van der Waals surface area (Å²) in [6.45, 7) is 0. The smallest absolute Gasteiger partial charge is 0.337 e. The minimum absolute atomic E-state index is 0.0828. The van der Waals surface area contributed by atoms with Gasteiger partial charge in [0.05, 0.1) is 11.3 Å². The van der Waals surface area contributed by atoms with Crippen LogP contribution in [0.4, 0.5) is 11.5 Å². The number of nitrogens with one attached hydrogen (secondary N) is 1. The molecule has 2 unspecified atom stereocenters. The van der Waals surface area contributed by atoms with Crippen molar-refractivity contribution in [3.8, 4) is 0 Å². The first kappa shape index (κ1) is 12.5. The zero-order chi connectivity index (χ0) is 14.1. The SMILES string of the molecule is Nc1c(C(=O)O)ccnc1NC1CC1c1ccccc1. The number of anilines is 2. The summed E-state index contributed by atoms with van der Waals surface area (Å²) in [7, 11) is 0. The number of carbonyl (C=O) groups is 1. The lowest BCUT2D eigenvalue weighted by molar-refractivity contribution is 0.0698. The average molecular weight is 269 g/mol. The van der Waals surface area contributed by atoms with Gasteiger partial charge in [0.1, 0.15) is 5.82 Å². The Labute approximate surface area is 116 Å². The fourth-order valence-electron chi connectivity index (χ4n) is 2.37. The van der Waals surface area contributed by atoms with Crippen molar-refractivity contribution in [2.75, 3.05) is 11.1 Å². The minimum Gasteiger partial charge on any atom is -0.478 e. The van der Waals surface area contributed by atoms with Crippen LogP contribution in [0.25, 0.3) is 0 Å². The summed E-state index contributed by atoms with van der Waals surface area (Å²) < 4.78 is 0. The molecule has 2 atom stereocenters. The highest BCUT2D eigenvalue weighted by molar-refractivity contribution is 5.96. The average Bonchev–Trinajstić information content (AvgIpc) is 3.21. The zero-order valence-electron chi connectivity index (χ0n) is 10.8. The number of pyridine rings is 1. The van der Waals surface area contributed by atoms with Crippen LogP contribution in [0.2, 0.25) is 0 Å². The standard InChI is InChI=1S/C15H15N3O2/c16-13-10(15(19)20)6-7-17-14(13)18-12-8-11(12)9-4-2-1-3-5-9/h1-7,11-12H,8,16H2,(H,17,18)(H,19,20). The predicted molar refractivity (Wildman–Crippen MR) is 76.8 cm³/mol. The highest BCUT2D eigenvalue weighted by Crippen LogP contribution is 2.43. The number of hydrogen-bond donors (Lipinski definition) is 3. The molecule has 1 aliphatic rings. The lowest BCUT2D eigenvalue weighted by Gasteiger charge is -2.09. The molecule has 102 valence electrons. The fraction of sp³-hybridized carbons (Fsp3) is 0.200. The van der Waals surface area contributed by atoms with Gasteiger partial charge in [-0.25, -0.2) is 9.78 Å². The van der Waals surface area contributed by atoms with E-state index in [1.807, 2.05) is 18.2 Å². The molecule has 1 aliphatic carbocycles. The molecule has 1 fully saturated rings. The quantitative estimate of drug-likeness (QED) is 0.792. The van der Waals surface area contributed by atoms with Crippen LogP contribution in [-0.2, 0) is 0 Å². The molecule has 1 aromatic carbocycles. The summed E-state index contributed by atoms with van der Waals surface area (Å²) in [6, 6.07) is 11.9. The molecule has 0 radical (unpaired) electrons. The van der Waals surface area contributed by atoms with E-state index in [0.29, 0.717) is 11.7 Å². The summed E-state index contributed by atoms with van der Waals surface area (Å²) in [5.41, 5.74) is 7.39. The number of nitrogen functional groups attached to an aromatic ring is 1. The van der Waals surface area contributed by atoms with Gasteiger partial charge in [0, 0.05) is 18.2 Å². The molecule has 5 nitrogen and oxygen atoms in total. The second-order valence-electron chi connectivity index (χ2n) is 4.93. The van der Waals surface area contributed by atoms with Gasteiger partial charge in [0.15, 0.2) is 0 Å². The fourth-order valence-corrected chi connectivity index (χ4v) is 2.37. The van der Waals surface area contributed by atoms with Crippen LogP contribution in [0.5, 0.6) is 0 Å². The first-order valence-electron chi connectivity index (χ1n) is 6.46. The van der Waals surface area contributed by atoms with Crippen molar-refractivity contribution in [3.05, 3.63) is 53.7 Å². The number of rotatable bonds is 4. The topological polar surface area (TPSA) is 88.2 Å². The number of nitrogens with two attached hydrogens (primary N) is 1. The molecular formula is C15H15N3O2. The molecular weight excluding hydrogens is 254 g/mol. The minimum atomic E-state index is -1.04. The maximum absolute atomic E-state index is 11.0. The van der Waals surface area contributed by atoms with Gasteiger partial charge in [-0.2, -0.15) is 0 Å². The van der Waals surface area contributed by atoms with E-state index >= 15 is 0 Å². The summed E-state index contributed by atoms with van der Waals surface area (Å²) in [6.07, 6.45) is 2.46. The second-order valence-corrected chi connectivity index (χ2v) is 4.93. The number of aromatic nitrogens is 1. The number of benzene rings is 1. The van der Waals surface area contributed by atoms with Crippen LogP contribution in [0.3, 0.4) is 0 Å². The molecule has 0 bridgehead atoms. The number of aromatic carboxylic acids is 1. The van der Waals surface area contributed by atoms with Gasteiger partial charge in [0.2, 0.25) is 0 Å². The van der Waals surface area contributed by atoms with Gasteiger partial charge in [-0.3, -0.25) is 0 Å². The molecule has 3 rings (SSSR count). The Morgan fingerprint density at radius 1 is 1.30 bits per heavy atom. The van der Waals surface area contributed by atoms with Crippen LogP contribution in [0.15, 0.2) is 42.6 Å². The van der Waals surface area contributed by atoms with Crippen molar-refractivity contribution in [1.82, 2.24) is 4.98 Å². The molecule has 5 heteroatoms. The lowest BCUT2D eigenvalue weighted by Crippen LogP contribution is -2.11. The first-order valence-corrected chi connectivity index (χ1v) is 6.46. The van der Waals surface area contributed by atoms with Gasteiger partial charge in [0.25, 0.3) is 0 Å². The number of nitrogens with zero attached hydrogens (tertiary/aromatic N) is 1. The normalized spacial score (nSPS) is 20.4. The van der Waals surface area contributed by atoms with E-state index in [2.05, 4.69) is 22.4 Å². The third-order valence-electron chi connectivity index (χ3n) is 3.56. The van der Waals surface area contributed by atoms with Gasteiger partial charge >= 0.3 is 5.97 Å². The van der Waals surface area contributed by atoms with Crippen molar-refractivity contribution in [2.45, 2.75) is 18.4 Å². The Balaban J connectivity index is 1.75. The predicted octanol–water partition coefficient (Wildman–Crippen LogP) is 2.33. The van der Waals surface area contributed by atoms with Crippen molar-refractivity contribution < 1.29 is 9.90 Å². The monoisotopic (exact) mass is 269 g/mol. The van der Waals surface area contributed by atoms with Gasteiger partial charge in [-0.15, -0.1) is 0 Å². The maximum atomic E-state index is 11.0. The Hall–Kier alpha value is -2.56. The Bertz CT molecular complexity index is 643. The molecule has 20 heavy (non-hydrogen) atoms. The molecule has 1 aromatic heterocycles. The molecule has 4 N–H and O–H groups in total. The Morgan fingerprint density at radius 2 is 2.05 bits per heavy atom. The van der Waals surface area contributed by atoms with Gasteiger partial charge < -0.3 is 16.2 Å². The van der Waals surface area contributed by atoms with E-state index in [1.54, 1.807) is 0 Å². The first-order chi connectivity index (χ1) is 9.66. The van der Waals surface area contributed by atoms with Gasteiger partial charge in [-0.05, 0) is 18.1 Å². The molecule has 2 aromatic rings. The van der Waals surface area contributed by atoms with E-state index in [9.17, 15) is 4.79 Å². The highest BCUT2D eigenvalue weighted by atomic mass is 16.4. The van der Waals surface area contributed by atoms with E-state index in [0.717, 1.165) is 6.42 Å². The molecule has 1 saturated carbocycles. The van der Waals surface area contributed by atoms with Crippen LogP contribution in [0.1, 0.15) is 28.3 Å². The number of hydrogen-bond acceptors (Lipinski definition) is 4. The van der Waals surface area contributed by atoms with E-state index in [-0.39, 0.29) is 17.3 Å². The summed E-state index contributed by atoms with van der Waals surface area (Å²) in [5, 5.41) is 12.3. The van der Waals surface area contributed by atoms with Crippen molar-refractivity contribution in [1.29, 1.82) is 0 Å². The van der Waals surface area contributed by atoms with Crippen LogP contribution in [0, 0.1) is 0 Å².